The highest BCUT2D eigenvalue weighted by atomic mass is 32.1. The molecule has 0 aromatic carbocycles. The first-order valence-corrected chi connectivity index (χ1v) is 5.10. The third-order valence-corrected chi connectivity index (χ3v) is 2.91. The van der Waals surface area contributed by atoms with Crippen LogP contribution in [0.4, 0.5) is 13.2 Å². The number of carbonyl (C=O) groups excluding carboxylic acids is 2. The van der Waals surface area contributed by atoms with Gasteiger partial charge in [0.1, 0.15) is 0 Å². The standard InChI is InChI=1S/C9H8F3NO2S/c1-4-8(16-5(2)13-4)6(14)3-7(15)9(10,11)12/h3H2,1-2H3. The van der Waals surface area contributed by atoms with Gasteiger partial charge in [-0.3, -0.25) is 9.59 Å². The normalized spacial score (nSPS) is 11.6. The number of hydrogen-bond acceptors (Lipinski definition) is 4. The third kappa shape index (κ3) is 2.88. The lowest BCUT2D eigenvalue weighted by atomic mass is 10.1. The molecule has 0 atom stereocenters. The zero-order valence-electron chi connectivity index (χ0n) is 8.51. The highest BCUT2D eigenvalue weighted by molar-refractivity contribution is 7.13. The molecule has 3 nitrogen and oxygen atoms in total. The third-order valence-electron chi connectivity index (χ3n) is 1.79. The molecule has 0 aliphatic heterocycles. The van der Waals surface area contributed by atoms with E-state index in [1.54, 1.807) is 6.92 Å². The summed E-state index contributed by atoms with van der Waals surface area (Å²) < 4.78 is 35.8. The maximum absolute atomic E-state index is 11.9. The molecule has 1 heterocycles. The van der Waals surface area contributed by atoms with E-state index in [9.17, 15) is 22.8 Å². The maximum atomic E-state index is 11.9. The first kappa shape index (κ1) is 12.8. The summed E-state index contributed by atoms with van der Waals surface area (Å²) in [5, 5.41) is 0.584. The van der Waals surface area contributed by atoms with Crippen molar-refractivity contribution in [3.63, 3.8) is 0 Å². The maximum Gasteiger partial charge on any atom is 0.450 e. The van der Waals surface area contributed by atoms with Gasteiger partial charge in [0, 0.05) is 0 Å². The minimum atomic E-state index is -4.96. The zero-order chi connectivity index (χ0) is 12.5. The number of aromatic nitrogens is 1. The molecule has 7 heteroatoms. The van der Waals surface area contributed by atoms with E-state index in [4.69, 9.17) is 0 Å². The van der Waals surface area contributed by atoms with Crippen LogP contribution in [-0.4, -0.2) is 22.7 Å². The lowest BCUT2D eigenvalue weighted by molar-refractivity contribution is -0.170. The molecule has 16 heavy (non-hydrogen) atoms. The van der Waals surface area contributed by atoms with Gasteiger partial charge < -0.3 is 0 Å². The number of carbonyl (C=O) groups is 2. The lowest BCUT2D eigenvalue weighted by Crippen LogP contribution is -2.25. The molecule has 0 spiro atoms. The predicted octanol–water partition coefficient (Wildman–Crippen LogP) is 2.46. The second kappa shape index (κ2) is 4.32. The number of rotatable bonds is 3. The molecule has 88 valence electrons. The van der Waals surface area contributed by atoms with E-state index in [0.717, 1.165) is 11.3 Å². The molecule has 0 aliphatic rings. The van der Waals surface area contributed by atoms with Gasteiger partial charge in [0.2, 0.25) is 5.78 Å². The molecule has 0 amide bonds. The van der Waals surface area contributed by atoms with Crippen LogP contribution in [0.15, 0.2) is 0 Å². The summed E-state index contributed by atoms with van der Waals surface area (Å²) in [6.45, 7) is 3.16. The molecule has 0 unspecified atom stereocenters. The fourth-order valence-corrected chi connectivity index (χ4v) is 1.97. The van der Waals surface area contributed by atoms with Crippen molar-refractivity contribution in [2.45, 2.75) is 26.4 Å². The van der Waals surface area contributed by atoms with Crippen molar-refractivity contribution in [3.8, 4) is 0 Å². The topological polar surface area (TPSA) is 47.0 Å². The molecule has 0 saturated carbocycles. The lowest BCUT2D eigenvalue weighted by Gasteiger charge is -2.03. The summed E-state index contributed by atoms with van der Waals surface area (Å²) in [5.74, 6) is -2.85. The summed E-state index contributed by atoms with van der Waals surface area (Å²) in [5.41, 5.74) is 0.363. The minimum Gasteiger partial charge on any atom is -0.293 e. The van der Waals surface area contributed by atoms with E-state index in [-0.39, 0.29) is 4.88 Å². The quantitative estimate of drug-likeness (QED) is 0.612. The molecular formula is C9H8F3NO2S. The van der Waals surface area contributed by atoms with Gasteiger partial charge in [-0.2, -0.15) is 13.2 Å². The molecule has 1 rings (SSSR count). The molecule has 0 fully saturated rings. The Morgan fingerprint density at radius 2 is 1.88 bits per heavy atom. The fourth-order valence-electron chi connectivity index (χ4n) is 1.12. The molecule has 0 N–H and O–H groups in total. The van der Waals surface area contributed by atoms with Crippen molar-refractivity contribution in [2.75, 3.05) is 0 Å². The summed E-state index contributed by atoms with van der Waals surface area (Å²) in [7, 11) is 0. The van der Waals surface area contributed by atoms with Gasteiger partial charge in [-0.1, -0.05) is 0 Å². The van der Waals surface area contributed by atoms with Gasteiger partial charge in [-0.25, -0.2) is 4.98 Å². The van der Waals surface area contributed by atoms with Crippen LogP contribution < -0.4 is 0 Å². The molecule has 0 saturated heterocycles. The number of Topliss-reactive ketones (excluding diaryl/α,β-unsaturated/α-hetero) is 2. The van der Waals surface area contributed by atoms with Crippen LogP contribution in [0.3, 0.4) is 0 Å². The first-order valence-electron chi connectivity index (χ1n) is 4.29. The van der Waals surface area contributed by atoms with Gasteiger partial charge in [0.25, 0.3) is 0 Å². The second-order valence-electron chi connectivity index (χ2n) is 3.17. The number of ketones is 2. The van der Waals surface area contributed by atoms with Crippen molar-refractivity contribution in [1.82, 2.24) is 4.98 Å². The number of alkyl halides is 3. The van der Waals surface area contributed by atoms with E-state index in [1.807, 2.05) is 0 Å². The number of aryl methyl sites for hydroxylation is 2. The first-order chi connectivity index (χ1) is 7.21. The summed E-state index contributed by atoms with van der Waals surface area (Å²) in [6, 6.07) is 0. The van der Waals surface area contributed by atoms with Crippen LogP contribution in [0.25, 0.3) is 0 Å². The Balaban J connectivity index is 2.81. The van der Waals surface area contributed by atoms with E-state index in [0.29, 0.717) is 10.7 Å². The highest BCUT2D eigenvalue weighted by Crippen LogP contribution is 2.23. The molecule has 0 radical (unpaired) electrons. The smallest absolute Gasteiger partial charge is 0.293 e. The number of thiazole rings is 1. The van der Waals surface area contributed by atoms with Crippen molar-refractivity contribution in [1.29, 1.82) is 0 Å². The van der Waals surface area contributed by atoms with Crippen LogP contribution in [-0.2, 0) is 4.79 Å². The average Bonchev–Trinajstić information content (AvgIpc) is 2.43. The zero-order valence-corrected chi connectivity index (χ0v) is 9.33. The van der Waals surface area contributed by atoms with Crippen LogP contribution >= 0.6 is 11.3 Å². The van der Waals surface area contributed by atoms with Crippen LogP contribution in [0, 0.1) is 13.8 Å². The van der Waals surface area contributed by atoms with Gasteiger partial charge in [0.05, 0.1) is 22.0 Å². The Morgan fingerprint density at radius 1 is 1.31 bits per heavy atom. The van der Waals surface area contributed by atoms with Gasteiger partial charge in [-0.05, 0) is 13.8 Å². The second-order valence-corrected chi connectivity index (χ2v) is 4.37. The number of hydrogen-bond donors (Lipinski definition) is 0. The molecule has 0 bridgehead atoms. The van der Waals surface area contributed by atoms with Crippen LogP contribution in [0.1, 0.15) is 26.8 Å². The molecule has 0 aliphatic carbocycles. The highest BCUT2D eigenvalue weighted by Gasteiger charge is 2.39. The Hall–Kier alpha value is -1.24. The van der Waals surface area contributed by atoms with Crippen molar-refractivity contribution in [2.24, 2.45) is 0 Å². The Bertz CT molecular complexity index is 436. The molecule has 1 aromatic heterocycles. The number of nitrogens with zero attached hydrogens (tertiary/aromatic N) is 1. The summed E-state index contributed by atoms with van der Waals surface area (Å²) in [4.78, 5) is 26.0. The van der Waals surface area contributed by atoms with E-state index >= 15 is 0 Å². The minimum absolute atomic E-state index is 0.120. The Kier molecular flexibility index (Phi) is 3.47. The predicted molar refractivity (Wildman–Crippen MR) is 51.6 cm³/mol. The average molecular weight is 251 g/mol. The van der Waals surface area contributed by atoms with E-state index in [1.165, 1.54) is 6.92 Å². The van der Waals surface area contributed by atoms with E-state index < -0.39 is 24.2 Å². The van der Waals surface area contributed by atoms with Gasteiger partial charge >= 0.3 is 6.18 Å². The van der Waals surface area contributed by atoms with Crippen molar-refractivity contribution < 1.29 is 22.8 Å². The number of halogens is 3. The summed E-state index contributed by atoms with van der Waals surface area (Å²) in [6.07, 6.45) is -6.10. The largest absolute Gasteiger partial charge is 0.450 e. The Labute approximate surface area is 93.3 Å². The molecule has 1 aromatic rings. The van der Waals surface area contributed by atoms with Gasteiger partial charge in [0.15, 0.2) is 5.78 Å². The fraction of sp³-hybridized carbons (Fsp3) is 0.444. The van der Waals surface area contributed by atoms with Gasteiger partial charge in [-0.15, -0.1) is 11.3 Å². The van der Waals surface area contributed by atoms with E-state index in [2.05, 4.69) is 4.98 Å². The summed E-state index contributed by atoms with van der Waals surface area (Å²) >= 11 is 0.995. The van der Waals surface area contributed by atoms with Crippen LogP contribution in [0.5, 0.6) is 0 Å². The SMILES string of the molecule is Cc1nc(C)c(C(=O)CC(=O)C(F)(F)F)s1. The van der Waals surface area contributed by atoms with Crippen molar-refractivity contribution in [3.05, 3.63) is 15.6 Å². The molecular weight excluding hydrogens is 243 g/mol. The van der Waals surface area contributed by atoms with Crippen molar-refractivity contribution >= 4 is 22.9 Å². The van der Waals surface area contributed by atoms with Crippen LogP contribution in [0.2, 0.25) is 0 Å². The Morgan fingerprint density at radius 3 is 2.25 bits per heavy atom. The monoisotopic (exact) mass is 251 g/mol.